The minimum atomic E-state index is -0.00321. The van der Waals surface area contributed by atoms with Crippen molar-refractivity contribution in [2.45, 2.75) is 37.7 Å². The zero-order valence-electron chi connectivity index (χ0n) is 17.2. The van der Waals surface area contributed by atoms with Crippen LogP contribution in [0.15, 0.2) is 62.9 Å². The number of nitrogens with zero attached hydrogens (tertiary/aromatic N) is 3. The molecule has 7 heteroatoms. The highest BCUT2D eigenvalue weighted by atomic mass is 32.2. The zero-order chi connectivity index (χ0) is 21.1. The molecule has 4 aromatic rings. The van der Waals surface area contributed by atoms with E-state index in [1.807, 2.05) is 55.5 Å². The Morgan fingerprint density at radius 1 is 1.10 bits per heavy atom. The minimum Gasteiger partial charge on any atom is -0.496 e. The molecule has 0 saturated heterocycles. The zero-order valence-corrected chi connectivity index (χ0v) is 18.0. The maximum atomic E-state index is 12.9. The summed E-state index contributed by atoms with van der Waals surface area (Å²) in [6.45, 7) is 4.58. The summed E-state index contributed by atoms with van der Waals surface area (Å²) in [5, 5.41) is 1.34. The van der Waals surface area contributed by atoms with Gasteiger partial charge in [0.15, 0.2) is 5.16 Å². The second-order valence-corrected chi connectivity index (χ2v) is 7.82. The summed E-state index contributed by atoms with van der Waals surface area (Å²) >= 11 is 1.50. The molecular formula is C23H23N3O3S. The molecule has 0 N–H and O–H groups in total. The molecule has 6 nitrogen and oxygen atoms in total. The van der Waals surface area contributed by atoms with Gasteiger partial charge in [0.2, 0.25) is 5.89 Å². The minimum absolute atomic E-state index is 0.00321. The van der Waals surface area contributed by atoms with E-state index in [0.717, 1.165) is 23.4 Å². The van der Waals surface area contributed by atoms with E-state index in [-0.39, 0.29) is 5.56 Å². The van der Waals surface area contributed by atoms with Gasteiger partial charge in [0.05, 0.1) is 29.3 Å². The Labute approximate surface area is 178 Å². The third-order valence-electron chi connectivity index (χ3n) is 4.84. The highest BCUT2D eigenvalue weighted by Gasteiger charge is 2.17. The third kappa shape index (κ3) is 3.85. The van der Waals surface area contributed by atoms with Crippen molar-refractivity contribution in [2.75, 3.05) is 7.11 Å². The van der Waals surface area contributed by atoms with Crippen molar-refractivity contribution < 1.29 is 9.15 Å². The Balaban J connectivity index is 1.66. The predicted molar refractivity (Wildman–Crippen MR) is 119 cm³/mol. The first-order chi connectivity index (χ1) is 14.6. The fourth-order valence-corrected chi connectivity index (χ4v) is 4.34. The lowest BCUT2D eigenvalue weighted by Crippen LogP contribution is -2.23. The van der Waals surface area contributed by atoms with E-state index in [9.17, 15) is 4.79 Å². The summed E-state index contributed by atoms with van der Waals surface area (Å²) in [6, 6.07) is 15.1. The first kappa shape index (κ1) is 20.2. The predicted octanol–water partition coefficient (Wildman–Crippen LogP) is 5.07. The topological polar surface area (TPSA) is 70.2 Å². The average molecular weight is 422 g/mol. The van der Waals surface area contributed by atoms with E-state index >= 15 is 0 Å². The van der Waals surface area contributed by atoms with Crippen LogP contribution in [0.2, 0.25) is 0 Å². The molecule has 0 atom stereocenters. The van der Waals surface area contributed by atoms with Gasteiger partial charge in [0, 0.05) is 12.3 Å². The molecule has 2 heterocycles. The SMILES string of the molecule is CCCn1c(SCc2nc(-c3ccccc3OC)oc2C)nc2ccccc2c1=O. The molecular weight excluding hydrogens is 398 g/mol. The van der Waals surface area contributed by atoms with Crippen molar-refractivity contribution >= 4 is 22.7 Å². The average Bonchev–Trinajstić information content (AvgIpc) is 3.15. The molecule has 30 heavy (non-hydrogen) atoms. The van der Waals surface area contributed by atoms with Gasteiger partial charge < -0.3 is 9.15 Å². The number of hydrogen-bond acceptors (Lipinski definition) is 6. The molecule has 0 radical (unpaired) electrons. The standard InChI is InChI=1S/C23H23N3O3S/c1-4-13-26-22(27)16-9-5-7-11-18(16)25-23(26)30-14-19-15(2)29-21(24-19)17-10-6-8-12-20(17)28-3/h5-12H,4,13-14H2,1-3H3. The molecule has 0 saturated carbocycles. The normalized spacial score (nSPS) is 11.2. The quantitative estimate of drug-likeness (QED) is 0.306. The number of benzene rings is 2. The summed E-state index contributed by atoms with van der Waals surface area (Å²) in [5.41, 5.74) is 2.35. The monoisotopic (exact) mass is 421 g/mol. The molecule has 0 unspecified atom stereocenters. The molecule has 0 spiro atoms. The van der Waals surface area contributed by atoms with Crippen LogP contribution in [0, 0.1) is 6.92 Å². The van der Waals surface area contributed by atoms with E-state index in [2.05, 4.69) is 11.9 Å². The van der Waals surface area contributed by atoms with Gasteiger partial charge in [-0.15, -0.1) is 0 Å². The Hall–Kier alpha value is -3.06. The molecule has 0 fully saturated rings. The number of methoxy groups -OCH3 is 1. The first-order valence-electron chi connectivity index (χ1n) is 9.84. The summed E-state index contributed by atoms with van der Waals surface area (Å²) in [7, 11) is 1.63. The number of oxazole rings is 1. The van der Waals surface area contributed by atoms with Crippen LogP contribution in [0.3, 0.4) is 0 Å². The number of aryl methyl sites for hydroxylation is 1. The summed E-state index contributed by atoms with van der Waals surface area (Å²) in [4.78, 5) is 22.4. The molecule has 154 valence electrons. The van der Waals surface area contributed by atoms with Gasteiger partial charge in [0.1, 0.15) is 11.5 Å². The number of fused-ring (bicyclic) bond motifs is 1. The lowest BCUT2D eigenvalue weighted by molar-refractivity contribution is 0.414. The van der Waals surface area contributed by atoms with Gasteiger partial charge in [-0.25, -0.2) is 9.97 Å². The van der Waals surface area contributed by atoms with Crippen molar-refractivity contribution in [3.8, 4) is 17.2 Å². The summed E-state index contributed by atoms with van der Waals surface area (Å²) in [6.07, 6.45) is 0.856. The van der Waals surface area contributed by atoms with E-state index < -0.39 is 0 Å². The Morgan fingerprint density at radius 2 is 1.87 bits per heavy atom. The van der Waals surface area contributed by atoms with Crippen LogP contribution >= 0.6 is 11.8 Å². The van der Waals surface area contributed by atoms with Gasteiger partial charge in [-0.1, -0.05) is 43.0 Å². The van der Waals surface area contributed by atoms with E-state index in [4.69, 9.17) is 14.1 Å². The molecule has 0 bridgehead atoms. The Morgan fingerprint density at radius 3 is 2.67 bits per heavy atom. The Kier molecular flexibility index (Phi) is 5.90. The van der Waals surface area contributed by atoms with Gasteiger partial charge >= 0.3 is 0 Å². The Bertz CT molecular complexity index is 1250. The van der Waals surface area contributed by atoms with E-state index in [1.165, 1.54) is 11.8 Å². The molecule has 0 aliphatic rings. The second kappa shape index (κ2) is 8.75. The maximum absolute atomic E-state index is 12.9. The van der Waals surface area contributed by atoms with Crippen molar-refractivity contribution in [1.82, 2.24) is 14.5 Å². The summed E-state index contributed by atoms with van der Waals surface area (Å²) in [5.74, 6) is 2.54. The number of rotatable bonds is 7. The largest absolute Gasteiger partial charge is 0.496 e. The molecule has 0 amide bonds. The third-order valence-corrected chi connectivity index (χ3v) is 5.83. The van der Waals surface area contributed by atoms with Crippen LogP contribution in [0.1, 0.15) is 24.8 Å². The van der Waals surface area contributed by atoms with Crippen LogP contribution in [0.4, 0.5) is 0 Å². The first-order valence-corrected chi connectivity index (χ1v) is 10.8. The highest BCUT2D eigenvalue weighted by molar-refractivity contribution is 7.98. The van der Waals surface area contributed by atoms with E-state index in [1.54, 1.807) is 11.7 Å². The van der Waals surface area contributed by atoms with Gasteiger partial charge in [0.25, 0.3) is 5.56 Å². The fourth-order valence-electron chi connectivity index (χ4n) is 3.31. The molecule has 0 aliphatic heterocycles. The van der Waals surface area contributed by atoms with Gasteiger partial charge in [-0.2, -0.15) is 0 Å². The maximum Gasteiger partial charge on any atom is 0.262 e. The number of thioether (sulfide) groups is 1. The number of ether oxygens (including phenoxy) is 1. The van der Waals surface area contributed by atoms with Crippen molar-refractivity contribution in [3.05, 3.63) is 70.3 Å². The lowest BCUT2D eigenvalue weighted by Gasteiger charge is -2.11. The number of hydrogen-bond donors (Lipinski definition) is 0. The van der Waals surface area contributed by atoms with Crippen LogP contribution < -0.4 is 10.3 Å². The molecule has 2 aromatic heterocycles. The van der Waals surface area contributed by atoms with Gasteiger partial charge in [-0.05, 0) is 37.6 Å². The molecule has 2 aromatic carbocycles. The van der Waals surface area contributed by atoms with Crippen molar-refractivity contribution in [1.29, 1.82) is 0 Å². The molecule has 4 rings (SSSR count). The fraction of sp³-hybridized carbons (Fsp3) is 0.261. The van der Waals surface area contributed by atoms with Crippen LogP contribution in [-0.4, -0.2) is 21.6 Å². The smallest absolute Gasteiger partial charge is 0.262 e. The summed E-state index contributed by atoms with van der Waals surface area (Å²) < 4.78 is 13.1. The van der Waals surface area contributed by atoms with Crippen molar-refractivity contribution in [3.63, 3.8) is 0 Å². The highest BCUT2D eigenvalue weighted by Crippen LogP contribution is 2.32. The second-order valence-electron chi connectivity index (χ2n) is 6.88. The lowest BCUT2D eigenvalue weighted by atomic mass is 10.2. The molecule has 0 aliphatic carbocycles. The van der Waals surface area contributed by atoms with Crippen LogP contribution in [0.25, 0.3) is 22.4 Å². The van der Waals surface area contributed by atoms with Crippen LogP contribution in [-0.2, 0) is 12.3 Å². The van der Waals surface area contributed by atoms with Crippen molar-refractivity contribution in [2.24, 2.45) is 0 Å². The number of para-hydroxylation sites is 2. The van der Waals surface area contributed by atoms with Gasteiger partial charge in [-0.3, -0.25) is 9.36 Å². The van der Waals surface area contributed by atoms with Crippen LogP contribution in [0.5, 0.6) is 5.75 Å². The number of aromatic nitrogens is 3. The van der Waals surface area contributed by atoms with E-state index in [0.29, 0.717) is 40.0 Å².